The molecule has 6 nitrogen and oxygen atoms in total. The minimum Gasteiger partial charge on any atom is -0.455 e. The summed E-state index contributed by atoms with van der Waals surface area (Å²) >= 11 is 0. The van der Waals surface area contributed by atoms with E-state index in [0.29, 0.717) is 24.3 Å². The van der Waals surface area contributed by atoms with E-state index in [0.717, 1.165) is 22.3 Å². The van der Waals surface area contributed by atoms with Crippen LogP contribution in [-0.2, 0) is 19.1 Å². The maximum absolute atomic E-state index is 12.0. The number of hydrogen-bond donors (Lipinski definition) is 0. The summed E-state index contributed by atoms with van der Waals surface area (Å²) in [6.07, 6.45) is 0.104. The number of unbranched alkanes of at least 4 members (excludes halogenated alkanes) is 1. The van der Waals surface area contributed by atoms with Crippen molar-refractivity contribution in [1.82, 2.24) is 0 Å². The minimum atomic E-state index is -0.683. The van der Waals surface area contributed by atoms with Gasteiger partial charge in [-0.15, -0.1) is 0 Å². The second-order valence-corrected chi connectivity index (χ2v) is 8.10. The van der Waals surface area contributed by atoms with Crippen LogP contribution in [0.1, 0.15) is 61.8 Å². The van der Waals surface area contributed by atoms with Crippen LogP contribution < -0.4 is 9.47 Å². The second kappa shape index (κ2) is 12.1. The molecule has 0 saturated carbocycles. The molecule has 2 aromatic rings. The molecule has 2 unspecified atom stereocenters. The van der Waals surface area contributed by atoms with E-state index in [1.807, 2.05) is 64.1 Å². The van der Waals surface area contributed by atoms with Gasteiger partial charge in [-0.2, -0.15) is 0 Å². The number of carbonyl (C=O) groups excluding carboxylic acids is 2. The molecule has 0 amide bonds. The van der Waals surface area contributed by atoms with Gasteiger partial charge < -0.3 is 18.9 Å². The molecule has 2 aromatic carbocycles. The molecule has 0 bridgehead atoms. The van der Waals surface area contributed by atoms with Crippen LogP contribution in [0.25, 0.3) is 0 Å². The molecular weight excluding hydrogens is 408 g/mol. The van der Waals surface area contributed by atoms with Crippen molar-refractivity contribution in [2.24, 2.45) is 0 Å². The largest absolute Gasteiger partial charge is 0.455 e. The third-order valence-corrected chi connectivity index (χ3v) is 4.85. The van der Waals surface area contributed by atoms with E-state index in [-0.39, 0.29) is 24.8 Å². The summed E-state index contributed by atoms with van der Waals surface area (Å²) in [6.45, 7) is 11.3. The van der Waals surface area contributed by atoms with Gasteiger partial charge in [0.05, 0.1) is 0 Å². The van der Waals surface area contributed by atoms with Crippen LogP contribution in [0, 0.1) is 27.7 Å². The van der Waals surface area contributed by atoms with Gasteiger partial charge in [-0.3, -0.25) is 9.59 Å². The predicted octanol–water partition coefficient (Wildman–Crippen LogP) is 5.72. The van der Waals surface area contributed by atoms with Crippen molar-refractivity contribution >= 4 is 11.9 Å². The molecule has 0 saturated heterocycles. The third-order valence-electron chi connectivity index (χ3n) is 4.85. The van der Waals surface area contributed by atoms with Crippen LogP contribution in [0.4, 0.5) is 0 Å². The monoisotopic (exact) mass is 442 g/mol. The first-order valence-corrected chi connectivity index (χ1v) is 11.0. The number of aryl methyl sites for hydroxylation is 4. The quantitative estimate of drug-likeness (QED) is 0.252. The molecule has 0 aromatic heterocycles. The van der Waals surface area contributed by atoms with Gasteiger partial charge in [-0.1, -0.05) is 35.4 Å². The molecule has 2 atom stereocenters. The van der Waals surface area contributed by atoms with Crippen LogP contribution in [0.15, 0.2) is 36.4 Å². The fraction of sp³-hybridized carbons (Fsp3) is 0.462. The SMILES string of the molecule is Cc1ccc(OC(C)OC(=O)CCCCC(=O)OC(C)Oc2ccc(C)cc2C)c(C)c1. The van der Waals surface area contributed by atoms with E-state index in [1.54, 1.807) is 13.8 Å². The molecule has 0 N–H and O–H groups in total. The first-order valence-electron chi connectivity index (χ1n) is 11.0. The molecule has 0 aliphatic carbocycles. The standard InChI is InChI=1S/C26H34O6/c1-17-11-13-23(19(3)15-17)29-21(5)31-25(27)9-7-8-10-26(28)32-22(6)30-24-14-12-18(2)16-20(24)4/h11-16,21-22H,7-10H2,1-6H3. The summed E-state index contributed by atoms with van der Waals surface area (Å²) in [6, 6.07) is 11.7. The second-order valence-electron chi connectivity index (χ2n) is 8.10. The van der Waals surface area contributed by atoms with Gasteiger partial charge in [0, 0.05) is 26.7 Å². The van der Waals surface area contributed by atoms with Crippen LogP contribution >= 0.6 is 0 Å². The fourth-order valence-corrected chi connectivity index (χ4v) is 3.30. The molecule has 0 radical (unpaired) electrons. The number of hydrogen-bond acceptors (Lipinski definition) is 6. The highest BCUT2D eigenvalue weighted by molar-refractivity contribution is 5.70. The van der Waals surface area contributed by atoms with Crippen molar-refractivity contribution in [3.05, 3.63) is 58.7 Å². The van der Waals surface area contributed by atoms with Crippen LogP contribution in [0.2, 0.25) is 0 Å². The summed E-state index contributed by atoms with van der Waals surface area (Å²) in [4.78, 5) is 24.1. The fourth-order valence-electron chi connectivity index (χ4n) is 3.30. The van der Waals surface area contributed by atoms with Gasteiger partial charge in [-0.25, -0.2) is 0 Å². The van der Waals surface area contributed by atoms with Crippen LogP contribution in [-0.4, -0.2) is 24.5 Å². The molecule has 0 aliphatic heterocycles. The van der Waals surface area contributed by atoms with E-state index in [1.165, 1.54) is 0 Å². The van der Waals surface area contributed by atoms with Gasteiger partial charge in [0.2, 0.25) is 12.6 Å². The molecule has 2 rings (SSSR count). The zero-order chi connectivity index (χ0) is 23.7. The molecule has 0 spiro atoms. The average Bonchev–Trinajstić information content (AvgIpc) is 2.69. The van der Waals surface area contributed by atoms with Crippen molar-refractivity contribution < 1.29 is 28.5 Å². The summed E-state index contributed by atoms with van der Waals surface area (Å²) in [5.74, 6) is 0.663. The molecule has 32 heavy (non-hydrogen) atoms. The predicted molar refractivity (Wildman–Crippen MR) is 123 cm³/mol. The molecule has 0 heterocycles. The Morgan fingerprint density at radius 1 is 0.688 bits per heavy atom. The van der Waals surface area contributed by atoms with Crippen LogP contribution in [0.5, 0.6) is 11.5 Å². The summed E-state index contributed by atoms with van der Waals surface area (Å²) in [7, 11) is 0. The Balaban J connectivity index is 1.63. The van der Waals surface area contributed by atoms with E-state index < -0.39 is 12.6 Å². The molecule has 174 valence electrons. The normalized spacial score (nSPS) is 12.6. The van der Waals surface area contributed by atoms with Crippen molar-refractivity contribution in [2.75, 3.05) is 0 Å². The molecule has 6 heteroatoms. The van der Waals surface area contributed by atoms with Crippen molar-refractivity contribution in [3.63, 3.8) is 0 Å². The zero-order valence-corrected chi connectivity index (χ0v) is 19.9. The maximum Gasteiger partial charge on any atom is 0.308 e. The first-order chi connectivity index (χ1) is 15.1. The Bertz CT molecular complexity index is 845. The Morgan fingerprint density at radius 3 is 1.41 bits per heavy atom. The summed E-state index contributed by atoms with van der Waals surface area (Å²) in [5, 5.41) is 0. The number of rotatable bonds is 11. The number of ether oxygens (including phenoxy) is 4. The summed E-state index contributed by atoms with van der Waals surface area (Å²) < 4.78 is 22.0. The molecular formula is C26H34O6. The molecule has 0 fully saturated rings. The number of esters is 2. The first kappa shape index (κ1) is 25.2. The number of carbonyl (C=O) groups is 2. The Labute approximate surface area is 190 Å². The Hall–Kier alpha value is -3.02. The highest BCUT2D eigenvalue weighted by Gasteiger charge is 2.14. The lowest BCUT2D eigenvalue weighted by atomic mass is 10.1. The van der Waals surface area contributed by atoms with E-state index in [4.69, 9.17) is 18.9 Å². The molecule has 0 aliphatic rings. The Kier molecular flexibility index (Phi) is 9.57. The highest BCUT2D eigenvalue weighted by Crippen LogP contribution is 2.21. The van der Waals surface area contributed by atoms with Gasteiger partial charge in [-0.05, 0) is 63.8 Å². The minimum absolute atomic E-state index is 0.211. The van der Waals surface area contributed by atoms with Crippen LogP contribution in [0.3, 0.4) is 0 Å². The summed E-state index contributed by atoms with van der Waals surface area (Å²) in [5.41, 5.74) is 4.26. The Morgan fingerprint density at radius 2 is 1.06 bits per heavy atom. The lowest BCUT2D eigenvalue weighted by Gasteiger charge is -2.17. The zero-order valence-electron chi connectivity index (χ0n) is 19.9. The van der Waals surface area contributed by atoms with E-state index in [9.17, 15) is 9.59 Å². The van der Waals surface area contributed by atoms with E-state index in [2.05, 4.69) is 0 Å². The van der Waals surface area contributed by atoms with E-state index >= 15 is 0 Å². The van der Waals surface area contributed by atoms with Gasteiger partial charge in [0.15, 0.2) is 0 Å². The van der Waals surface area contributed by atoms with Gasteiger partial charge in [0.1, 0.15) is 11.5 Å². The number of benzene rings is 2. The van der Waals surface area contributed by atoms with Crippen molar-refractivity contribution in [2.45, 2.75) is 79.8 Å². The van der Waals surface area contributed by atoms with Gasteiger partial charge >= 0.3 is 11.9 Å². The average molecular weight is 443 g/mol. The van der Waals surface area contributed by atoms with Crippen molar-refractivity contribution in [3.8, 4) is 11.5 Å². The topological polar surface area (TPSA) is 71.1 Å². The third kappa shape index (κ3) is 8.61. The maximum atomic E-state index is 12.0. The van der Waals surface area contributed by atoms with Crippen molar-refractivity contribution in [1.29, 1.82) is 0 Å². The lowest BCUT2D eigenvalue weighted by molar-refractivity contribution is -0.163. The van der Waals surface area contributed by atoms with Gasteiger partial charge in [0.25, 0.3) is 0 Å². The lowest BCUT2D eigenvalue weighted by Crippen LogP contribution is -2.22. The highest BCUT2D eigenvalue weighted by atomic mass is 16.7. The smallest absolute Gasteiger partial charge is 0.308 e.